The van der Waals surface area contributed by atoms with E-state index in [1.807, 2.05) is 31.2 Å². The van der Waals surface area contributed by atoms with Crippen molar-refractivity contribution in [3.8, 4) is 0 Å². The third kappa shape index (κ3) is 4.91. The molecule has 7 heteroatoms. The number of hydrogen-bond donors (Lipinski definition) is 1. The highest BCUT2D eigenvalue weighted by atomic mass is 35.5. The molecule has 0 unspecified atom stereocenters. The molecule has 0 aliphatic heterocycles. The Balaban J connectivity index is 1.80. The number of pyridine rings is 1. The van der Waals surface area contributed by atoms with Crippen LogP contribution in [0.5, 0.6) is 0 Å². The molecule has 0 aliphatic carbocycles. The highest BCUT2D eigenvalue weighted by Crippen LogP contribution is 2.24. The molecule has 0 atom stereocenters. The van der Waals surface area contributed by atoms with E-state index in [1.54, 1.807) is 36.2 Å². The number of methoxy groups -OCH3 is 1. The number of para-hydroxylation sites is 1. The zero-order valence-corrected chi connectivity index (χ0v) is 17.3. The van der Waals surface area contributed by atoms with E-state index in [2.05, 4.69) is 10.3 Å². The van der Waals surface area contributed by atoms with Crippen LogP contribution in [0.15, 0.2) is 48.5 Å². The van der Waals surface area contributed by atoms with Crippen molar-refractivity contribution >= 4 is 40.1 Å². The van der Waals surface area contributed by atoms with Gasteiger partial charge in [-0.1, -0.05) is 29.8 Å². The number of ether oxygens (including phenoxy) is 1. The third-order valence-electron chi connectivity index (χ3n) is 4.58. The number of likely N-dealkylation sites (N-methyl/N-ethyl adjacent to an activating group) is 1. The maximum Gasteiger partial charge on any atom is 0.340 e. The van der Waals surface area contributed by atoms with Crippen molar-refractivity contribution in [2.24, 2.45) is 0 Å². The number of aryl methyl sites for hydroxylation is 1. The van der Waals surface area contributed by atoms with E-state index < -0.39 is 5.97 Å². The number of amides is 1. The van der Waals surface area contributed by atoms with Crippen molar-refractivity contribution in [2.45, 2.75) is 13.5 Å². The fourth-order valence-corrected chi connectivity index (χ4v) is 3.34. The van der Waals surface area contributed by atoms with Crippen molar-refractivity contribution in [3.63, 3.8) is 0 Å². The number of aromatic nitrogens is 1. The number of nitrogens with one attached hydrogen (secondary N) is 1. The smallest absolute Gasteiger partial charge is 0.340 e. The first kappa shape index (κ1) is 20.8. The summed E-state index contributed by atoms with van der Waals surface area (Å²) in [4.78, 5) is 31.2. The van der Waals surface area contributed by atoms with Crippen LogP contribution in [0.1, 0.15) is 21.6 Å². The summed E-state index contributed by atoms with van der Waals surface area (Å²) < 4.78 is 4.97. The molecule has 0 saturated heterocycles. The van der Waals surface area contributed by atoms with Gasteiger partial charge in [0.25, 0.3) is 0 Å². The zero-order chi connectivity index (χ0) is 21.0. The monoisotopic (exact) mass is 411 g/mol. The van der Waals surface area contributed by atoms with Crippen LogP contribution in [-0.2, 0) is 16.1 Å². The highest BCUT2D eigenvalue weighted by Gasteiger charge is 2.21. The second-order valence-electron chi connectivity index (χ2n) is 6.79. The molecule has 1 N–H and O–H groups in total. The van der Waals surface area contributed by atoms with Crippen LogP contribution in [-0.4, -0.2) is 42.5 Å². The molecule has 0 aliphatic rings. The van der Waals surface area contributed by atoms with Gasteiger partial charge in [0.2, 0.25) is 5.91 Å². The van der Waals surface area contributed by atoms with Gasteiger partial charge in [-0.05, 0) is 49.9 Å². The summed E-state index contributed by atoms with van der Waals surface area (Å²) in [7, 11) is 3.15. The second-order valence-corrected chi connectivity index (χ2v) is 7.23. The molecule has 1 aromatic heterocycles. The SMILES string of the molecule is COC(=O)c1c(CN(C)CC(=O)Nc2ccc(Cl)cc2)nc2ccccc2c1C. The molecule has 150 valence electrons. The minimum Gasteiger partial charge on any atom is -0.465 e. The Morgan fingerprint density at radius 3 is 2.52 bits per heavy atom. The van der Waals surface area contributed by atoms with Crippen molar-refractivity contribution < 1.29 is 14.3 Å². The summed E-state index contributed by atoms with van der Waals surface area (Å²) in [6.07, 6.45) is 0. The number of hydrogen-bond acceptors (Lipinski definition) is 5. The predicted octanol–water partition coefficient (Wildman–Crippen LogP) is 4.05. The number of halogens is 1. The Morgan fingerprint density at radius 2 is 1.83 bits per heavy atom. The van der Waals surface area contributed by atoms with Crippen LogP contribution >= 0.6 is 11.6 Å². The van der Waals surface area contributed by atoms with E-state index in [9.17, 15) is 9.59 Å². The van der Waals surface area contributed by atoms with Gasteiger partial charge < -0.3 is 10.1 Å². The molecule has 29 heavy (non-hydrogen) atoms. The van der Waals surface area contributed by atoms with Crippen LogP contribution in [0.3, 0.4) is 0 Å². The lowest BCUT2D eigenvalue weighted by Gasteiger charge is -2.19. The molecule has 2 aromatic carbocycles. The standard InChI is InChI=1S/C22H22ClN3O3/c1-14-17-6-4-5-7-18(17)25-19(21(14)22(28)29-3)12-26(2)13-20(27)24-16-10-8-15(23)9-11-16/h4-11H,12-13H2,1-3H3,(H,24,27). The predicted molar refractivity (Wildman–Crippen MR) is 114 cm³/mol. The summed E-state index contributed by atoms with van der Waals surface area (Å²) >= 11 is 5.86. The second kappa shape index (κ2) is 9.03. The Labute approximate surface area is 174 Å². The molecule has 0 radical (unpaired) electrons. The van der Waals surface area contributed by atoms with Gasteiger partial charge in [0, 0.05) is 22.6 Å². The maximum absolute atomic E-state index is 12.4. The van der Waals surface area contributed by atoms with Gasteiger partial charge >= 0.3 is 5.97 Å². The Bertz CT molecular complexity index is 1050. The van der Waals surface area contributed by atoms with E-state index in [1.165, 1.54) is 7.11 Å². The summed E-state index contributed by atoms with van der Waals surface area (Å²) in [5, 5.41) is 4.33. The van der Waals surface area contributed by atoms with Crippen molar-refractivity contribution in [2.75, 3.05) is 26.0 Å². The van der Waals surface area contributed by atoms with Gasteiger partial charge in [0.1, 0.15) is 0 Å². The molecule has 0 bridgehead atoms. The van der Waals surface area contributed by atoms with Gasteiger partial charge in [-0.3, -0.25) is 14.7 Å². The Kier molecular flexibility index (Phi) is 6.46. The topological polar surface area (TPSA) is 71.5 Å². The normalized spacial score (nSPS) is 10.9. The number of rotatable bonds is 6. The first-order valence-corrected chi connectivity index (χ1v) is 9.47. The lowest BCUT2D eigenvalue weighted by Crippen LogP contribution is -2.31. The Morgan fingerprint density at radius 1 is 1.14 bits per heavy atom. The van der Waals surface area contributed by atoms with E-state index in [0.717, 1.165) is 16.5 Å². The minimum atomic E-state index is -0.435. The largest absolute Gasteiger partial charge is 0.465 e. The number of esters is 1. The quantitative estimate of drug-likeness (QED) is 0.619. The molecular weight excluding hydrogens is 390 g/mol. The molecule has 0 saturated carbocycles. The van der Waals surface area contributed by atoms with Crippen LogP contribution in [0.2, 0.25) is 5.02 Å². The number of carbonyl (C=O) groups excluding carboxylic acids is 2. The highest BCUT2D eigenvalue weighted by molar-refractivity contribution is 6.30. The minimum absolute atomic E-state index is 0.136. The van der Waals surface area contributed by atoms with Crippen LogP contribution in [0.25, 0.3) is 10.9 Å². The fourth-order valence-electron chi connectivity index (χ4n) is 3.22. The summed E-state index contributed by atoms with van der Waals surface area (Å²) in [5.74, 6) is -0.610. The molecular formula is C22H22ClN3O3. The number of carbonyl (C=O) groups is 2. The molecule has 0 spiro atoms. The maximum atomic E-state index is 12.4. The van der Waals surface area contributed by atoms with E-state index in [0.29, 0.717) is 28.5 Å². The number of anilines is 1. The molecule has 3 rings (SSSR count). The van der Waals surface area contributed by atoms with E-state index in [-0.39, 0.29) is 12.5 Å². The van der Waals surface area contributed by atoms with Crippen molar-refractivity contribution in [1.29, 1.82) is 0 Å². The van der Waals surface area contributed by atoms with Gasteiger partial charge in [-0.25, -0.2) is 4.79 Å². The molecule has 1 heterocycles. The summed E-state index contributed by atoms with van der Waals surface area (Å²) in [6.45, 7) is 2.34. The van der Waals surface area contributed by atoms with E-state index in [4.69, 9.17) is 16.3 Å². The lowest BCUT2D eigenvalue weighted by atomic mass is 10.0. The van der Waals surface area contributed by atoms with Gasteiger partial charge in [-0.2, -0.15) is 0 Å². The van der Waals surface area contributed by atoms with Crippen LogP contribution < -0.4 is 5.32 Å². The summed E-state index contributed by atoms with van der Waals surface area (Å²) in [5.41, 5.74) is 3.30. The molecule has 6 nitrogen and oxygen atoms in total. The average Bonchev–Trinajstić information content (AvgIpc) is 2.69. The van der Waals surface area contributed by atoms with Crippen LogP contribution in [0.4, 0.5) is 5.69 Å². The number of benzene rings is 2. The average molecular weight is 412 g/mol. The number of fused-ring (bicyclic) bond motifs is 1. The number of nitrogens with zero attached hydrogens (tertiary/aromatic N) is 2. The summed E-state index contributed by atoms with van der Waals surface area (Å²) in [6, 6.07) is 14.5. The first-order chi connectivity index (χ1) is 13.9. The van der Waals surface area contributed by atoms with Gasteiger partial charge in [-0.15, -0.1) is 0 Å². The first-order valence-electron chi connectivity index (χ1n) is 9.09. The van der Waals surface area contributed by atoms with Crippen molar-refractivity contribution in [1.82, 2.24) is 9.88 Å². The molecule has 0 fully saturated rings. The lowest BCUT2D eigenvalue weighted by molar-refractivity contribution is -0.117. The van der Waals surface area contributed by atoms with E-state index >= 15 is 0 Å². The fraction of sp³-hybridized carbons (Fsp3) is 0.227. The van der Waals surface area contributed by atoms with Crippen molar-refractivity contribution in [3.05, 3.63) is 70.4 Å². The van der Waals surface area contributed by atoms with Gasteiger partial charge in [0.15, 0.2) is 0 Å². The van der Waals surface area contributed by atoms with Gasteiger partial charge in [0.05, 0.1) is 30.4 Å². The Hall–Kier alpha value is -2.96. The molecule has 1 amide bonds. The molecule has 3 aromatic rings. The third-order valence-corrected chi connectivity index (χ3v) is 4.83. The zero-order valence-electron chi connectivity index (χ0n) is 16.5. The van der Waals surface area contributed by atoms with Crippen LogP contribution in [0, 0.1) is 6.92 Å².